The zero-order chi connectivity index (χ0) is 17.6. The van der Waals surface area contributed by atoms with E-state index in [2.05, 4.69) is 21.7 Å². The molecule has 2 atom stereocenters. The number of nitrogens with one attached hydrogen (secondary N) is 1. The molecule has 0 radical (unpaired) electrons. The number of carbonyl (C=O) groups is 1. The van der Waals surface area contributed by atoms with Gasteiger partial charge in [0.15, 0.2) is 11.0 Å². The van der Waals surface area contributed by atoms with Gasteiger partial charge in [0.1, 0.15) is 5.75 Å². The number of ether oxygens (including phenoxy) is 1. The van der Waals surface area contributed by atoms with Crippen LogP contribution in [-0.4, -0.2) is 41.1 Å². The van der Waals surface area contributed by atoms with E-state index in [0.717, 1.165) is 18.4 Å². The summed E-state index contributed by atoms with van der Waals surface area (Å²) < 4.78 is 30.8. The first kappa shape index (κ1) is 16.4. The lowest BCUT2D eigenvalue weighted by Crippen LogP contribution is -2.40. The third kappa shape index (κ3) is 3.13. The number of benzene rings is 1. The molecule has 1 aromatic heterocycles. The van der Waals surface area contributed by atoms with Crippen LogP contribution >= 0.6 is 0 Å². The molecule has 4 rings (SSSR count). The summed E-state index contributed by atoms with van der Waals surface area (Å²) in [6, 6.07) is 5.78. The lowest BCUT2D eigenvalue weighted by molar-refractivity contribution is -0.345. The molecule has 0 amide bonds. The molecule has 0 saturated carbocycles. The van der Waals surface area contributed by atoms with Crippen molar-refractivity contribution in [1.82, 2.24) is 9.47 Å². The normalized spacial score (nSPS) is 26.5. The molecular weight excluding hydrogens is 328 g/mol. The fraction of sp³-hybridized carbons (Fsp3) is 0.556. The van der Waals surface area contributed by atoms with Crippen molar-refractivity contribution in [2.75, 3.05) is 7.05 Å². The van der Waals surface area contributed by atoms with Gasteiger partial charge in [-0.05, 0) is 50.8 Å². The van der Waals surface area contributed by atoms with Gasteiger partial charge in [-0.2, -0.15) is 13.3 Å². The SMILES string of the molecule is CN1C2CCC1CC(CC(=O)n1c[nH+]c3ccc(OC(F)F)cc31)C2. The summed E-state index contributed by atoms with van der Waals surface area (Å²) in [5, 5.41) is 0. The van der Waals surface area contributed by atoms with Crippen molar-refractivity contribution in [1.29, 1.82) is 0 Å². The summed E-state index contributed by atoms with van der Waals surface area (Å²) in [6.45, 7) is -2.88. The molecular formula is C18H22F2N3O2+. The van der Waals surface area contributed by atoms with E-state index in [4.69, 9.17) is 0 Å². The van der Waals surface area contributed by atoms with Gasteiger partial charge >= 0.3 is 12.5 Å². The Balaban J connectivity index is 1.52. The minimum atomic E-state index is -2.88. The van der Waals surface area contributed by atoms with E-state index in [1.54, 1.807) is 12.4 Å². The molecule has 5 nitrogen and oxygen atoms in total. The summed E-state index contributed by atoms with van der Waals surface area (Å²) >= 11 is 0. The fourth-order valence-corrected chi connectivity index (χ4v) is 4.46. The van der Waals surface area contributed by atoms with E-state index in [0.29, 0.717) is 29.9 Å². The summed E-state index contributed by atoms with van der Waals surface area (Å²) in [6.07, 6.45) is 6.64. The zero-order valence-corrected chi connectivity index (χ0v) is 14.1. The van der Waals surface area contributed by atoms with E-state index in [9.17, 15) is 13.6 Å². The Kier molecular flexibility index (Phi) is 4.19. The van der Waals surface area contributed by atoms with Gasteiger partial charge < -0.3 is 9.64 Å². The van der Waals surface area contributed by atoms with Crippen LogP contribution in [0.1, 0.15) is 36.9 Å². The van der Waals surface area contributed by atoms with Crippen LogP contribution in [0.3, 0.4) is 0 Å². The van der Waals surface area contributed by atoms with E-state index in [1.165, 1.54) is 29.5 Å². The Morgan fingerprint density at radius 2 is 2.04 bits per heavy atom. The van der Waals surface area contributed by atoms with Crippen LogP contribution in [0.2, 0.25) is 0 Å². The Morgan fingerprint density at radius 1 is 1.32 bits per heavy atom. The van der Waals surface area contributed by atoms with E-state index in [1.807, 2.05) is 0 Å². The molecule has 1 N–H and O–H groups in total. The maximum absolute atomic E-state index is 12.8. The third-order valence-electron chi connectivity index (χ3n) is 5.73. The van der Waals surface area contributed by atoms with Gasteiger partial charge in [0.25, 0.3) is 0 Å². The quantitative estimate of drug-likeness (QED) is 0.852. The van der Waals surface area contributed by atoms with Crippen molar-refractivity contribution < 1.29 is 23.3 Å². The third-order valence-corrected chi connectivity index (χ3v) is 5.73. The van der Waals surface area contributed by atoms with Crippen molar-refractivity contribution in [3.05, 3.63) is 24.5 Å². The molecule has 3 heterocycles. The average Bonchev–Trinajstić information content (AvgIpc) is 3.04. The van der Waals surface area contributed by atoms with Crippen LogP contribution in [0.25, 0.3) is 11.0 Å². The Hall–Kier alpha value is -2.02. The highest BCUT2D eigenvalue weighted by atomic mass is 19.3. The molecule has 1 aromatic carbocycles. The van der Waals surface area contributed by atoms with Crippen LogP contribution in [0.4, 0.5) is 8.78 Å². The van der Waals surface area contributed by atoms with Crippen LogP contribution in [0, 0.1) is 5.92 Å². The number of halogens is 2. The maximum Gasteiger partial charge on any atom is 0.387 e. The molecule has 2 aliphatic heterocycles. The summed E-state index contributed by atoms with van der Waals surface area (Å²) in [5.41, 5.74) is 1.29. The highest BCUT2D eigenvalue weighted by Crippen LogP contribution is 2.38. The van der Waals surface area contributed by atoms with Crippen LogP contribution in [0.15, 0.2) is 24.5 Å². The molecule has 2 aliphatic rings. The molecule has 0 spiro atoms. The number of carbonyl (C=O) groups excluding carboxylic acids is 1. The predicted molar refractivity (Wildman–Crippen MR) is 87.7 cm³/mol. The number of hydrogen-bond acceptors (Lipinski definition) is 3. The van der Waals surface area contributed by atoms with Crippen LogP contribution in [-0.2, 0) is 0 Å². The largest absolute Gasteiger partial charge is 0.435 e. The van der Waals surface area contributed by atoms with Crippen molar-refractivity contribution in [2.24, 2.45) is 5.92 Å². The summed E-state index contributed by atoms with van der Waals surface area (Å²) in [7, 11) is 2.18. The van der Waals surface area contributed by atoms with Gasteiger partial charge in [-0.15, -0.1) is 0 Å². The molecule has 2 bridgehead atoms. The first-order valence-corrected chi connectivity index (χ1v) is 8.74. The van der Waals surface area contributed by atoms with Crippen molar-refractivity contribution >= 4 is 16.9 Å². The number of rotatable bonds is 4. The van der Waals surface area contributed by atoms with Gasteiger partial charge in [-0.3, -0.25) is 0 Å². The standard InChI is InChI=1S/C18H21F2N3O2/c1-22-12-2-3-13(22)7-11(6-12)8-17(24)23-10-21-15-5-4-14(9-16(15)23)25-18(19)20/h4-5,9-13,18H,2-3,6-8H2,1H3/p+1. The first-order valence-electron chi connectivity index (χ1n) is 8.74. The average molecular weight is 350 g/mol. The molecule has 2 fully saturated rings. The van der Waals surface area contributed by atoms with E-state index < -0.39 is 6.61 Å². The Labute approximate surface area is 144 Å². The van der Waals surface area contributed by atoms with Gasteiger partial charge in [-0.1, -0.05) is 0 Å². The zero-order valence-electron chi connectivity index (χ0n) is 14.1. The Bertz CT molecular complexity index is 778. The summed E-state index contributed by atoms with van der Waals surface area (Å²) in [4.78, 5) is 18.2. The number of nitrogens with zero attached hydrogens (tertiary/aromatic N) is 2. The monoisotopic (exact) mass is 350 g/mol. The van der Waals surface area contributed by atoms with E-state index >= 15 is 0 Å². The van der Waals surface area contributed by atoms with Gasteiger partial charge in [0, 0.05) is 18.2 Å². The van der Waals surface area contributed by atoms with Gasteiger partial charge in [0.2, 0.25) is 6.33 Å². The smallest absolute Gasteiger partial charge is 0.387 e. The second kappa shape index (κ2) is 6.37. The predicted octanol–water partition coefficient (Wildman–Crippen LogP) is 2.96. The van der Waals surface area contributed by atoms with Crippen molar-refractivity contribution in [3.8, 4) is 5.75 Å². The summed E-state index contributed by atoms with van der Waals surface area (Å²) in [5.74, 6) is 0.439. The molecule has 2 unspecified atom stereocenters. The molecule has 7 heteroatoms. The molecule has 25 heavy (non-hydrogen) atoms. The molecule has 2 aromatic rings. The molecule has 2 saturated heterocycles. The Morgan fingerprint density at radius 3 is 2.72 bits per heavy atom. The van der Waals surface area contributed by atoms with Crippen molar-refractivity contribution in [3.63, 3.8) is 0 Å². The highest BCUT2D eigenvalue weighted by molar-refractivity contribution is 5.89. The number of imidazole rings is 1. The maximum atomic E-state index is 12.8. The number of hydrogen-bond donors (Lipinski definition) is 0. The number of alkyl halides is 2. The van der Waals surface area contributed by atoms with Gasteiger partial charge in [-0.25, -0.2) is 9.78 Å². The van der Waals surface area contributed by atoms with Crippen LogP contribution < -0.4 is 9.72 Å². The number of aromatic nitrogens is 2. The second-order valence-corrected chi connectivity index (χ2v) is 7.19. The van der Waals surface area contributed by atoms with Gasteiger partial charge in [0.05, 0.1) is 6.42 Å². The molecule has 0 aliphatic carbocycles. The topological polar surface area (TPSA) is 48.6 Å². The number of piperidine rings is 1. The molecule has 134 valence electrons. The number of fused-ring (bicyclic) bond motifs is 3. The minimum Gasteiger partial charge on any atom is -0.435 e. The lowest BCUT2D eigenvalue weighted by Gasteiger charge is -2.35. The number of aromatic amines is 1. The number of H-pyrrole nitrogens is 1. The second-order valence-electron chi connectivity index (χ2n) is 7.19. The first-order chi connectivity index (χ1) is 12.0. The van der Waals surface area contributed by atoms with Crippen molar-refractivity contribution in [2.45, 2.75) is 50.8 Å². The van der Waals surface area contributed by atoms with E-state index in [-0.39, 0.29) is 11.7 Å². The lowest BCUT2D eigenvalue weighted by atomic mass is 9.88. The fourth-order valence-electron chi connectivity index (χ4n) is 4.46. The van der Waals surface area contributed by atoms with Crippen LogP contribution in [0.5, 0.6) is 5.75 Å². The highest BCUT2D eigenvalue weighted by Gasteiger charge is 2.39. The minimum absolute atomic E-state index is 0.00519.